The summed E-state index contributed by atoms with van der Waals surface area (Å²) in [4.78, 5) is 23.8. The van der Waals surface area contributed by atoms with Crippen molar-refractivity contribution in [2.24, 2.45) is 5.10 Å². The molecule has 0 spiro atoms. The maximum absolute atomic E-state index is 11.8. The van der Waals surface area contributed by atoms with Crippen LogP contribution in [0.25, 0.3) is 11.5 Å². The minimum absolute atomic E-state index is 0.0700. The van der Waals surface area contributed by atoms with E-state index in [1.54, 1.807) is 12.4 Å². The Hall–Kier alpha value is -3.42. The molecule has 0 radical (unpaired) electrons. The molecule has 2 aromatic heterocycles. The van der Waals surface area contributed by atoms with Crippen molar-refractivity contribution < 1.29 is 9.32 Å². The normalized spacial score (nSPS) is 10.8. The van der Waals surface area contributed by atoms with E-state index in [9.17, 15) is 4.79 Å². The van der Waals surface area contributed by atoms with Crippen LogP contribution in [0.1, 0.15) is 11.5 Å². The van der Waals surface area contributed by atoms with Gasteiger partial charge in [0, 0.05) is 12.4 Å². The predicted octanol–water partition coefficient (Wildman–Crippen LogP) is 1.22. The van der Waals surface area contributed by atoms with Crippen LogP contribution in [0.15, 0.2) is 58.5 Å². The Morgan fingerprint density at radius 2 is 2.13 bits per heavy atom. The summed E-state index contributed by atoms with van der Waals surface area (Å²) < 4.78 is 5.01. The molecule has 0 aliphatic rings. The fourth-order valence-corrected chi connectivity index (χ4v) is 1.74. The Balaban J connectivity index is 1.56. The SMILES string of the molecule is O=C(Cc1nc(-c2cnccn2)no1)N/N=C/c1ccccc1. The quantitative estimate of drug-likeness (QED) is 0.561. The van der Waals surface area contributed by atoms with E-state index in [2.05, 4.69) is 30.6 Å². The van der Waals surface area contributed by atoms with Crippen LogP contribution < -0.4 is 5.43 Å². The van der Waals surface area contributed by atoms with E-state index in [4.69, 9.17) is 4.52 Å². The van der Waals surface area contributed by atoms with Crippen molar-refractivity contribution >= 4 is 12.1 Å². The van der Waals surface area contributed by atoms with Crippen LogP contribution in [0.3, 0.4) is 0 Å². The highest BCUT2D eigenvalue weighted by molar-refractivity contribution is 5.82. The maximum Gasteiger partial charge on any atom is 0.249 e. The molecular weight excluding hydrogens is 296 g/mol. The lowest BCUT2D eigenvalue weighted by atomic mass is 10.2. The molecule has 3 rings (SSSR count). The zero-order chi connectivity index (χ0) is 15.9. The third-order valence-corrected chi connectivity index (χ3v) is 2.77. The Bertz CT molecular complexity index is 801. The third-order valence-electron chi connectivity index (χ3n) is 2.77. The van der Waals surface area contributed by atoms with Gasteiger partial charge < -0.3 is 4.52 Å². The number of nitrogens with zero attached hydrogens (tertiary/aromatic N) is 5. The molecule has 0 bridgehead atoms. The van der Waals surface area contributed by atoms with Gasteiger partial charge in [0.15, 0.2) is 0 Å². The molecule has 8 heteroatoms. The van der Waals surface area contributed by atoms with Gasteiger partial charge in [0.2, 0.25) is 17.6 Å². The third kappa shape index (κ3) is 4.03. The lowest BCUT2D eigenvalue weighted by Crippen LogP contribution is -2.19. The summed E-state index contributed by atoms with van der Waals surface area (Å²) in [7, 11) is 0. The first-order chi connectivity index (χ1) is 11.3. The van der Waals surface area contributed by atoms with Crippen LogP contribution in [-0.2, 0) is 11.2 Å². The molecule has 1 amide bonds. The van der Waals surface area contributed by atoms with Gasteiger partial charge in [-0.3, -0.25) is 9.78 Å². The average Bonchev–Trinajstić information content (AvgIpc) is 3.05. The standard InChI is InChI=1S/C15H12N6O2/c22-13(20-18-9-11-4-2-1-3-5-11)8-14-19-15(21-23-14)12-10-16-6-7-17-12/h1-7,9-10H,8H2,(H,20,22)/b18-9+. The van der Waals surface area contributed by atoms with E-state index in [-0.39, 0.29) is 24.0 Å². The van der Waals surface area contributed by atoms with Crippen LogP contribution in [0.4, 0.5) is 0 Å². The van der Waals surface area contributed by atoms with Crippen LogP contribution in [0.5, 0.6) is 0 Å². The van der Waals surface area contributed by atoms with Crippen LogP contribution in [-0.4, -0.2) is 32.2 Å². The van der Waals surface area contributed by atoms with E-state index in [1.165, 1.54) is 12.4 Å². The zero-order valence-corrected chi connectivity index (χ0v) is 12.0. The largest absolute Gasteiger partial charge is 0.338 e. The molecule has 3 aromatic rings. The molecule has 0 saturated heterocycles. The number of carbonyl (C=O) groups is 1. The van der Waals surface area contributed by atoms with Crippen molar-refractivity contribution in [3.8, 4) is 11.5 Å². The number of rotatable bonds is 5. The van der Waals surface area contributed by atoms with Gasteiger partial charge in [-0.25, -0.2) is 10.4 Å². The summed E-state index contributed by atoms with van der Waals surface area (Å²) in [6.07, 6.45) is 6.06. The number of hydrazone groups is 1. The minimum atomic E-state index is -0.355. The maximum atomic E-state index is 11.8. The van der Waals surface area contributed by atoms with Crippen molar-refractivity contribution in [1.82, 2.24) is 25.5 Å². The molecule has 1 N–H and O–H groups in total. The number of nitrogens with one attached hydrogen (secondary N) is 1. The second-order valence-corrected chi connectivity index (χ2v) is 4.48. The lowest BCUT2D eigenvalue weighted by Gasteiger charge is -1.95. The highest BCUT2D eigenvalue weighted by Gasteiger charge is 2.12. The van der Waals surface area contributed by atoms with E-state index in [0.717, 1.165) is 5.56 Å². The molecule has 0 aliphatic carbocycles. The summed E-state index contributed by atoms with van der Waals surface area (Å²) in [5, 5.41) is 7.63. The molecule has 0 atom stereocenters. The summed E-state index contributed by atoms with van der Waals surface area (Å²) in [5.74, 6) is 0.110. The summed E-state index contributed by atoms with van der Waals surface area (Å²) >= 11 is 0. The first-order valence-electron chi connectivity index (χ1n) is 6.77. The van der Waals surface area contributed by atoms with E-state index in [0.29, 0.717) is 5.69 Å². The predicted molar refractivity (Wildman–Crippen MR) is 81.2 cm³/mol. The Morgan fingerprint density at radius 1 is 1.26 bits per heavy atom. The monoisotopic (exact) mass is 308 g/mol. The smallest absolute Gasteiger partial charge is 0.249 e. The molecule has 0 fully saturated rings. The summed E-state index contributed by atoms with van der Waals surface area (Å²) in [6.45, 7) is 0. The number of benzene rings is 1. The highest BCUT2D eigenvalue weighted by atomic mass is 16.5. The Kier molecular flexibility index (Phi) is 4.44. The van der Waals surface area contributed by atoms with Gasteiger partial charge in [0.05, 0.1) is 12.4 Å². The summed E-state index contributed by atoms with van der Waals surface area (Å²) in [6, 6.07) is 9.42. The number of hydrogen-bond donors (Lipinski definition) is 1. The van der Waals surface area contributed by atoms with Gasteiger partial charge in [-0.2, -0.15) is 10.1 Å². The molecular formula is C15H12N6O2. The molecule has 114 valence electrons. The van der Waals surface area contributed by atoms with Crippen molar-refractivity contribution in [2.45, 2.75) is 6.42 Å². The highest BCUT2D eigenvalue weighted by Crippen LogP contribution is 2.10. The number of aromatic nitrogens is 4. The van der Waals surface area contributed by atoms with Crippen LogP contribution in [0, 0.1) is 0 Å². The molecule has 1 aromatic carbocycles. The number of carbonyl (C=O) groups excluding carboxylic acids is 1. The van der Waals surface area contributed by atoms with Gasteiger partial charge in [-0.1, -0.05) is 35.5 Å². The molecule has 0 aliphatic heterocycles. The van der Waals surface area contributed by atoms with Crippen LogP contribution >= 0.6 is 0 Å². The van der Waals surface area contributed by atoms with Gasteiger partial charge >= 0.3 is 0 Å². The molecule has 0 saturated carbocycles. The van der Waals surface area contributed by atoms with Crippen LogP contribution in [0.2, 0.25) is 0 Å². The van der Waals surface area contributed by atoms with E-state index in [1.807, 2.05) is 30.3 Å². The second kappa shape index (κ2) is 7.03. The Morgan fingerprint density at radius 3 is 2.91 bits per heavy atom. The molecule has 23 heavy (non-hydrogen) atoms. The fourth-order valence-electron chi connectivity index (χ4n) is 1.74. The fraction of sp³-hybridized carbons (Fsp3) is 0.0667. The van der Waals surface area contributed by atoms with Crippen molar-refractivity contribution in [3.63, 3.8) is 0 Å². The van der Waals surface area contributed by atoms with Gasteiger partial charge in [0.1, 0.15) is 12.1 Å². The number of hydrogen-bond acceptors (Lipinski definition) is 7. The Labute approximate surface area is 131 Å². The lowest BCUT2D eigenvalue weighted by molar-refractivity contribution is -0.120. The van der Waals surface area contributed by atoms with Gasteiger partial charge in [-0.15, -0.1) is 0 Å². The summed E-state index contributed by atoms with van der Waals surface area (Å²) in [5.41, 5.74) is 3.77. The van der Waals surface area contributed by atoms with Crippen molar-refractivity contribution in [1.29, 1.82) is 0 Å². The van der Waals surface area contributed by atoms with Crippen molar-refractivity contribution in [3.05, 3.63) is 60.4 Å². The molecule has 0 unspecified atom stereocenters. The topological polar surface area (TPSA) is 106 Å². The average molecular weight is 308 g/mol. The molecule has 8 nitrogen and oxygen atoms in total. The van der Waals surface area contributed by atoms with Gasteiger partial charge in [-0.05, 0) is 5.56 Å². The minimum Gasteiger partial charge on any atom is -0.338 e. The number of amides is 1. The second-order valence-electron chi connectivity index (χ2n) is 4.48. The van der Waals surface area contributed by atoms with Crippen molar-refractivity contribution in [2.75, 3.05) is 0 Å². The first kappa shape index (κ1) is 14.5. The van der Waals surface area contributed by atoms with E-state index >= 15 is 0 Å². The van der Waals surface area contributed by atoms with Gasteiger partial charge in [0.25, 0.3) is 0 Å². The van der Waals surface area contributed by atoms with E-state index < -0.39 is 0 Å². The zero-order valence-electron chi connectivity index (χ0n) is 12.0. The molecule has 2 heterocycles. The first-order valence-corrected chi connectivity index (χ1v) is 6.77.